The molecule has 1 amide bonds. The average Bonchev–Trinajstić information content (AvgIpc) is 3.02. The van der Waals surface area contributed by atoms with Crippen molar-refractivity contribution in [3.05, 3.63) is 53.5 Å². The SMILES string of the molecule is CNC(=O)c1ccc(N2CCC[C@H]2Cc2cccc(F)c2)nn1. The summed E-state index contributed by atoms with van der Waals surface area (Å²) in [5.74, 6) is 0.306. The highest BCUT2D eigenvalue weighted by Crippen LogP contribution is 2.26. The lowest BCUT2D eigenvalue weighted by Crippen LogP contribution is -2.32. The van der Waals surface area contributed by atoms with Gasteiger partial charge in [-0.05, 0) is 49.1 Å². The van der Waals surface area contributed by atoms with Crippen LogP contribution in [0.5, 0.6) is 0 Å². The van der Waals surface area contributed by atoms with Crippen molar-refractivity contribution in [2.45, 2.75) is 25.3 Å². The lowest BCUT2D eigenvalue weighted by molar-refractivity contribution is 0.0957. The van der Waals surface area contributed by atoms with Crippen LogP contribution < -0.4 is 10.2 Å². The lowest BCUT2D eigenvalue weighted by Gasteiger charge is -2.25. The summed E-state index contributed by atoms with van der Waals surface area (Å²) in [6, 6.07) is 10.5. The number of nitrogens with zero attached hydrogens (tertiary/aromatic N) is 3. The zero-order valence-electron chi connectivity index (χ0n) is 13.0. The first-order valence-corrected chi connectivity index (χ1v) is 7.74. The minimum atomic E-state index is -0.248. The molecular weight excluding hydrogens is 295 g/mol. The van der Waals surface area contributed by atoms with E-state index in [-0.39, 0.29) is 17.8 Å². The van der Waals surface area contributed by atoms with Gasteiger partial charge in [-0.2, -0.15) is 0 Å². The fraction of sp³-hybridized carbons (Fsp3) is 0.353. The van der Waals surface area contributed by atoms with Gasteiger partial charge in [0.1, 0.15) is 5.82 Å². The maximum atomic E-state index is 13.3. The standard InChI is InChI=1S/C17H19FN4O/c1-19-17(23)15-7-8-16(21-20-15)22-9-3-6-14(22)11-12-4-2-5-13(18)10-12/h2,4-5,7-8,10,14H,3,6,9,11H2,1H3,(H,19,23)/t14-/m0/s1. The summed E-state index contributed by atoms with van der Waals surface area (Å²) in [6.45, 7) is 0.897. The zero-order valence-corrected chi connectivity index (χ0v) is 13.0. The molecule has 0 aliphatic carbocycles. The molecule has 6 heteroatoms. The van der Waals surface area contributed by atoms with E-state index in [0.717, 1.165) is 37.2 Å². The van der Waals surface area contributed by atoms with Gasteiger partial charge >= 0.3 is 0 Å². The van der Waals surface area contributed by atoms with E-state index in [4.69, 9.17) is 0 Å². The van der Waals surface area contributed by atoms with Crippen LogP contribution in [0.15, 0.2) is 36.4 Å². The molecule has 1 N–H and O–H groups in total. The van der Waals surface area contributed by atoms with Crippen molar-refractivity contribution in [2.24, 2.45) is 0 Å². The highest BCUT2D eigenvalue weighted by molar-refractivity contribution is 5.91. The Balaban J connectivity index is 1.74. The second kappa shape index (κ2) is 6.73. The Bertz CT molecular complexity index is 689. The van der Waals surface area contributed by atoms with Crippen LogP contribution in [0.2, 0.25) is 0 Å². The van der Waals surface area contributed by atoms with Crippen LogP contribution in [0, 0.1) is 5.82 Å². The van der Waals surface area contributed by atoms with Crippen LogP contribution >= 0.6 is 0 Å². The summed E-state index contributed by atoms with van der Waals surface area (Å²) in [6.07, 6.45) is 2.88. The normalized spacial score (nSPS) is 17.3. The van der Waals surface area contributed by atoms with Crippen LogP contribution in [-0.2, 0) is 6.42 Å². The first-order chi connectivity index (χ1) is 11.2. The number of hydrogen-bond acceptors (Lipinski definition) is 4. The van der Waals surface area contributed by atoms with E-state index >= 15 is 0 Å². The summed E-state index contributed by atoms with van der Waals surface area (Å²) >= 11 is 0. The minimum Gasteiger partial charge on any atom is -0.354 e. The highest BCUT2D eigenvalue weighted by atomic mass is 19.1. The van der Waals surface area contributed by atoms with Crippen molar-refractivity contribution >= 4 is 11.7 Å². The molecule has 1 aliphatic heterocycles. The third-order valence-corrected chi connectivity index (χ3v) is 4.14. The van der Waals surface area contributed by atoms with Gasteiger partial charge in [-0.15, -0.1) is 10.2 Å². The van der Waals surface area contributed by atoms with Gasteiger partial charge in [0.2, 0.25) is 0 Å². The molecule has 1 atom stereocenters. The van der Waals surface area contributed by atoms with Crippen LogP contribution in [-0.4, -0.2) is 35.7 Å². The maximum absolute atomic E-state index is 13.3. The van der Waals surface area contributed by atoms with Crippen molar-refractivity contribution in [1.29, 1.82) is 0 Å². The second-order valence-corrected chi connectivity index (χ2v) is 5.68. The molecule has 0 radical (unpaired) electrons. The molecular formula is C17H19FN4O. The number of hydrogen-bond donors (Lipinski definition) is 1. The third kappa shape index (κ3) is 3.47. The number of aromatic nitrogens is 2. The van der Waals surface area contributed by atoms with E-state index in [1.807, 2.05) is 12.1 Å². The molecule has 0 bridgehead atoms. The molecule has 1 aliphatic rings. The largest absolute Gasteiger partial charge is 0.354 e. The number of anilines is 1. The summed E-state index contributed by atoms with van der Waals surface area (Å²) in [5, 5.41) is 10.7. The molecule has 1 fully saturated rings. The van der Waals surface area contributed by atoms with Gasteiger partial charge in [-0.3, -0.25) is 4.79 Å². The number of rotatable bonds is 4. The van der Waals surface area contributed by atoms with E-state index in [1.54, 1.807) is 25.2 Å². The Kier molecular flexibility index (Phi) is 4.50. The number of carbonyl (C=O) groups excluding carboxylic acids is 1. The lowest BCUT2D eigenvalue weighted by atomic mass is 10.0. The molecule has 5 nitrogen and oxygen atoms in total. The van der Waals surface area contributed by atoms with Gasteiger partial charge in [0, 0.05) is 19.6 Å². The summed E-state index contributed by atoms with van der Waals surface area (Å²) in [7, 11) is 1.56. The Morgan fingerprint density at radius 1 is 1.35 bits per heavy atom. The zero-order chi connectivity index (χ0) is 16.2. The molecule has 1 saturated heterocycles. The molecule has 120 valence electrons. The first kappa shape index (κ1) is 15.4. The van der Waals surface area contributed by atoms with E-state index in [9.17, 15) is 9.18 Å². The van der Waals surface area contributed by atoms with E-state index in [1.165, 1.54) is 6.07 Å². The monoisotopic (exact) mass is 314 g/mol. The number of benzene rings is 1. The van der Waals surface area contributed by atoms with Gasteiger partial charge in [0.05, 0.1) is 0 Å². The summed E-state index contributed by atoms with van der Waals surface area (Å²) in [5.41, 5.74) is 1.29. The summed E-state index contributed by atoms with van der Waals surface area (Å²) < 4.78 is 13.3. The van der Waals surface area contributed by atoms with Crippen LogP contribution in [0.1, 0.15) is 28.9 Å². The van der Waals surface area contributed by atoms with Crippen LogP contribution in [0.4, 0.5) is 10.2 Å². The number of amides is 1. The molecule has 3 rings (SSSR count). The fourth-order valence-electron chi connectivity index (χ4n) is 3.01. The molecule has 0 spiro atoms. The highest BCUT2D eigenvalue weighted by Gasteiger charge is 2.26. The number of carbonyl (C=O) groups is 1. The van der Waals surface area contributed by atoms with Gasteiger partial charge < -0.3 is 10.2 Å². The van der Waals surface area contributed by atoms with Gasteiger partial charge in [-0.25, -0.2) is 4.39 Å². The Labute approximate surface area is 134 Å². The molecule has 2 aromatic rings. The van der Waals surface area contributed by atoms with Gasteiger partial charge in [0.25, 0.3) is 5.91 Å². The predicted molar refractivity (Wildman–Crippen MR) is 85.9 cm³/mol. The van der Waals surface area contributed by atoms with Crippen molar-refractivity contribution in [3.63, 3.8) is 0 Å². The molecule has 1 aromatic heterocycles. The van der Waals surface area contributed by atoms with Crippen LogP contribution in [0.3, 0.4) is 0 Å². The van der Waals surface area contributed by atoms with E-state index < -0.39 is 0 Å². The van der Waals surface area contributed by atoms with Crippen molar-refractivity contribution < 1.29 is 9.18 Å². The predicted octanol–water partition coefficient (Wildman–Crippen LogP) is 2.19. The summed E-state index contributed by atoms with van der Waals surface area (Å²) in [4.78, 5) is 13.7. The maximum Gasteiger partial charge on any atom is 0.271 e. The van der Waals surface area contributed by atoms with Crippen molar-refractivity contribution in [3.8, 4) is 0 Å². The van der Waals surface area contributed by atoms with Crippen molar-refractivity contribution in [1.82, 2.24) is 15.5 Å². The molecule has 2 heterocycles. The first-order valence-electron chi connectivity index (χ1n) is 7.74. The third-order valence-electron chi connectivity index (χ3n) is 4.14. The Morgan fingerprint density at radius 2 is 2.22 bits per heavy atom. The van der Waals surface area contributed by atoms with Crippen molar-refractivity contribution in [2.75, 3.05) is 18.5 Å². The Hall–Kier alpha value is -2.50. The van der Waals surface area contributed by atoms with Gasteiger partial charge in [-0.1, -0.05) is 12.1 Å². The van der Waals surface area contributed by atoms with Crippen LogP contribution in [0.25, 0.3) is 0 Å². The fourth-order valence-corrected chi connectivity index (χ4v) is 3.01. The number of halogens is 1. The minimum absolute atomic E-state index is 0.207. The number of nitrogens with one attached hydrogen (secondary N) is 1. The smallest absolute Gasteiger partial charge is 0.271 e. The van der Waals surface area contributed by atoms with E-state index in [2.05, 4.69) is 20.4 Å². The molecule has 0 unspecified atom stereocenters. The molecule has 23 heavy (non-hydrogen) atoms. The topological polar surface area (TPSA) is 58.1 Å². The second-order valence-electron chi connectivity index (χ2n) is 5.68. The Morgan fingerprint density at radius 3 is 2.91 bits per heavy atom. The van der Waals surface area contributed by atoms with Gasteiger partial charge in [0.15, 0.2) is 11.5 Å². The molecule has 0 saturated carbocycles. The molecule has 1 aromatic carbocycles. The van der Waals surface area contributed by atoms with E-state index in [0.29, 0.717) is 5.69 Å². The average molecular weight is 314 g/mol. The quantitative estimate of drug-likeness (QED) is 0.940.